The van der Waals surface area contributed by atoms with Crippen molar-refractivity contribution in [1.29, 1.82) is 0 Å². The Kier molecular flexibility index (Phi) is 3.88. The van der Waals surface area contributed by atoms with Crippen LogP contribution in [0.25, 0.3) is 0 Å². The summed E-state index contributed by atoms with van der Waals surface area (Å²) in [6.45, 7) is 0. The minimum absolute atomic E-state index is 0.160. The molecular weight excluding hydrogens is 180 g/mol. The van der Waals surface area contributed by atoms with Gasteiger partial charge in [-0.1, -0.05) is 12.1 Å². The fraction of sp³-hybridized carbons (Fsp3) is 0.400. The van der Waals surface area contributed by atoms with E-state index in [1.807, 2.05) is 0 Å². The summed E-state index contributed by atoms with van der Waals surface area (Å²) < 4.78 is 0. The molecule has 0 saturated carbocycles. The Balaban J connectivity index is 2.82. The number of hydrogen-bond donors (Lipinski definition) is 4. The molecule has 0 aliphatic carbocycles. The molecule has 0 radical (unpaired) electrons. The molecule has 0 bridgehead atoms. The minimum Gasteiger partial charge on any atom is -0.508 e. The van der Waals surface area contributed by atoms with E-state index in [1.165, 1.54) is 0 Å². The summed E-state index contributed by atoms with van der Waals surface area (Å²) in [4.78, 5) is 0. The number of benzene rings is 1. The van der Waals surface area contributed by atoms with E-state index < -0.39 is 6.10 Å². The molecule has 1 atom stereocenters. The zero-order chi connectivity index (χ0) is 10.6. The molecule has 0 amide bonds. The van der Waals surface area contributed by atoms with Crippen molar-refractivity contribution in [3.63, 3.8) is 0 Å². The van der Waals surface area contributed by atoms with Crippen LogP contribution < -0.4 is 10.6 Å². The van der Waals surface area contributed by atoms with Crippen LogP contribution in [-0.2, 0) is 0 Å². The predicted octanol–water partition coefficient (Wildman–Crippen LogP) is 0.191. The number of phenols is 1. The molecule has 0 aromatic heterocycles. The number of aliphatic hydroxyl groups excluding tert-OH is 1. The van der Waals surface area contributed by atoms with E-state index in [0.29, 0.717) is 5.56 Å². The highest BCUT2D eigenvalue weighted by Gasteiger charge is 2.17. The lowest BCUT2D eigenvalue weighted by molar-refractivity contribution is 0.119. The summed E-state index contributed by atoms with van der Waals surface area (Å²) in [5.41, 5.74) is 0.679. The van der Waals surface area contributed by atoms with Gasteiger partial charge in [-0.15, -0.1) is 0 Å². The third kappa shape index (κ3) is 2.45. The van der Waals surface area contributed by atoms with Crippen molar-refractivity contribution in [1.82, 2.24) is 10.6 Å². The summed E-state index contributed by atoms with van der Waals surface area (Å²) in [6.07, 6.45) is -0.908. The molecule has 78 valence electrons. The van der Waals surface area contributed by atoms with Crippen LogP contribution in [0.2, 0.25) is 0 Å². The van der Waals surface area contributed by atoms with Crippen molar-refractivity contribution in [2.45, 2.75) is 12.3 Å². The van der Waals surface area contributed by atoms with Gasteiger partial charge in [0.05, 0.1) is 6.17 Å². The highest BCUT2D eigenvalue weighted by atomic mass is 16.3. The van der Waals surface area contributed by atoms with Gasteiger partial charge < -0.3 is 20.8 Å². The quantitative estimate of drug-likeness (QED) is 0.519. The van der Waals surface area contributed by atoms with E-state index in [4.69, 9.17) is 0 Å². The Morgan fingerprint density at radius 2 is 1.86 bits per heavy atom. The molecule has 1 rings (SSSR count). The van der Waals surface area contributed by atoms with Crippen molar-refractivity contribution in [3.8, 4) is 5.75 Å². The first-order chi connectivity index (χ1) is 6.69. The Morgan fingerprint density at radius 1 is 1.21 bits per heavy atom. The van der Waals surface area contributed by atoms with Crippen molar-refractivity contribution < 1.29 is 10.2 Å². The molecule has 1 unspecified atom stereocenters. The number of phenolic OH excluding ortho intramolecular Hbond substituents is 1. The second-order valence-electron chi connectivity index (χ2n) is 3.09. The summed E-state index contributed by atoms with van der Waals surface area (Å²) in [7, 11) is 3.51. The fourth-order valence-corrected chi connectivity index (χ4v) is 1.36. The lowest BCUT2D eigenvalue weighted by atomic mass is 10.1. The first-order valence-corrected chi connectivity index (χ1v) is 4.50. The van der Waals surface area contributed by atoms with Crippen molar-refractivity contribution in [2.24, 2.45) is 0 Å². The van der Waals surface area contributed by atoms with Crippen LogP contribution in [0, 0.1) is 0 Å². The minimum atomic E-state index is -0.683. The molecule has 0 heterocycles. The van der Waals surface area contributed by atoms with E-state index in [1.54, 1.807) is 38.4 Å². The summed E-state index contributed by atoms with van der Waals surface area (Å²) in [5, 5.41) is 25.0. The van der Waals surface area contributed by atoms with Gasteiger partial charge in [-0.2, -0.15) is 0 Å². The van der Waals surface area contributed by atoms with E-state index in [2.05, 4.69) is 10.6 Å². The SMILES string of the molecule is CNC(NC)C(O)c1cccc(O)c1. The van der Waals surface area contributed by atoms with Gasteiger partial charge in [0, 0.05) is 0 Å². The van der Waals surface area contributed by atoms with Crippen LogP contribution in [0.1, 0.15) is 11.7 Å². The molecule has 0 aliphatic rings. The Labute approximate surface area is 83.6 Å². The Bertz CT molecular complexity index is 287. The zero-order valence-electron chi connectivity index (χ0n) is 8.36. The maximum Gasteiger partial charge on any atom is 0.115 e. The smallest absolute Gasteiger partial charge is 0.115 e. The average Bonchev–Trinajstić information content (AvgIpc) is 2.19. The third-order valence-electron chi connectivity index (χ3n) is 2.15. The molecule has 0 spiro atoms. The monoisotopic (exact) mass is 196 g/mol. The van der Waals surface area contributed by atoms with E-state index in [0.717, 1.165) is 0 Å². The highest BCUT2D eigenvalue weighted by molar-refractivity contribution is 5.29. The van der Waals surface area contributed by atoms with Gasteiger partial charge in [-0.05, 0) is 31.8 Å². The second-order valence-corrected chi connectivity index (χ2v) is 3.09. The van der Waals surface area contributed by atoms with Crippen LogP contribution in [0.4, 0.5) is 0 Å². The number of aromatic hydroxyl groups is 1. The highest BCUT2D eigenvalue weighted by Crippen LogP contribution is 2.19. The number of hydrogen-bond acceptors (Lipinski definition) is 4. The van der Waals surface area contributed by atoms with Crippen LogP contribution in [-0.4, -0.2) is 30.5 Å². The third-order valence-corrected chi connectivity index (χ3v) is 2.15. The number of likely N-dealkylation sites (N-methyl/N-ethyl adjacent to an activating group) is 2. The van der Waals surface area contributed by atoms with E-state index in [-0.39, 0.29) is 11.9 Å². The summed E-state index contributed by atoms with van der Waals surface area (Å²) >= 11 is 0. The molecule has 4 N–H and O–H groups in total. The molecular formula is C10H16N2O2. The standard InChI is InChI=1S/C10H16N2O2/c1-11-10(12-2)9(14)7-4-3-5-8(13)6-7/h3-6,9-14H,1-2H3. The molecule has 14 heavy (non-hydrogen) atoms. The van der Waals surface area contributed by atoms with Crippen molar-refractivity contribution in [3.05, 3.63) is 29.8 Å². The molecule has 1 aromatic carbocycles. The summed E-state index contributed by atoms with van der Waals surface area (Å²) in [5.74, 6) is 0.160. The van der Waals surface area contributed by atoms with Crippen molar-refractivity contribution >= 4 is 0 Å². The molecule has 0 aliphatic heterocycles. The number of aliphatic hydroxyl groups is 1. The van der Waals surface area contributed by atoms with Gasteiger partial charge in [0.2, 0.25) is 0 Å². The average molecular weight is 196 g/mol. The van der Waals surface area contributed by atoms with Gasteiger partial charge >= 0.3 is 0 Å². The van der Waals surface area contributed by atoms with Gasteiger partial charge in [0.25, 0.3) is 0 Å². The first-order valence-electron chi connectivity index (χ1n) is 4.50. The normalized spacial score (nSPS) is 13.1. The topological polar surface area (TPSA) is 64.5 Å². The summed E-state index contributed by atoms with van der Waals surface area (Å²) in [6, 6.07) is 6.60. The Hall–Kier alpha value is -1.10. The molecule has 0 saturated heterocycles. The van der Waals surface area contributed by atoms with Crippen LogP contribution in [0.15, 0.2) is 24.3 Å². The molecule has 1 aromatic rings. The van der Waals surface area contributed by atoms with Gasteiger partial charge in [-0.3, -0.25) is 0 Å². The molecule has 4 heteroatoms. The van der Waals surface area contributed by atoms with Gasteiger partial charge in [0.15, 0.2) is 0 Å². The fourth-order valence-electron chi connectivity index (χ4n) is 1.36. The van der Waals surface area contributed by atoms with Gasteiger partial charge in [0.1, 0.15) is 11.9 Å². The molecule has 0 fully saturated rings. The second kappa shape index (κ2) is 4.95. The van der Waals surface area contributed by atoms with Crippen LogP contribution in [0.5, 0.6) is 5.75 Å². The zero-order valence-corrected chi connectivity index (χ0v) is 8.36. The van der Waals surface area contributed by atoms with Crippen LogP contribution >= 0.6 is 0 Å². The van der Waals surface area contributed by atoms with E-state index >= 15 is 0 Å². The van der Waals surface area contributed by atoms with Crippen LogP contribution in [0.3, 0.4) is 0 Å². The predicted molar refractivity (Wildman–Crippen MR) is 55.0 cm³/mol. The number of rotatable bonds is 4. The largest absolute Gasteiger partial charge is 0.508 e. The Morgan fingerprint density at radius 3 is 2.36 bits per heavy atom. The van der Waals surface area contributed by atoms with E-state index in [9.17, 15) is 10.2 Å². The molecule has 4 nitrogen and oxygen atoms in total. The maximum atomic E-state index is 9.87. The lowest BCUT2D eigenvalue weighted by Crippen LogP contribution is -2.42. The van der Waals surface area contributed by atoms with Crippen molar-refractivity contribution in [2.75, 3.05) is 14.1 Å². The number of nitrogens with one attached hydrogen (secondary N) is 2. The lowest BCUT2D eigenvalue weighted by Gasteiger charge is -2.22. The maximum absolute atomic E-state index is 9.87. The first kappa shape index (κ1) is 11.0. The van der Waals surface area contributed by atoms with Gasteiger partial charge in [-0.25, -0.2) is 0 Å².